The van der Waals surface area contributed by atoms with Gasteiger partial charge in [-0.05, 0) is 24.6 Å². The lowest BCUT2D eigenvalue weighted by Crippen LogP contribution is -2.40. The molecule has 2 aromatic rings. The molecule has 1 heterocycles. The Morgan fingerprint density at radius 3 is 2.36 bits per heavy atom. The molecule has 130 valence electrons. The van der Waals surface area contributed by atoms with E-state index in [0.717, 1.165) is 15.4 Å². The highest BCUT2D eigenvalue weighted by Gasteiger charge is 2.47. The van der Waals surface area contributed by atoms with Crippen LogP contribution in [0, 0.1) is 6.92 Å². The van der Waals surface area contributed by atoms with Crippen molar-refractivity contribution in [3.8, 4) is 0 Å². The van der Waals surface area contributed by atoms with Crippen molar-refractivity contribution in [2.24, 2.45) is 0 Å². The van der Waals surface area contributed by atoms with Gasteiger partial charge in [-0.25, -0.2) is 13.2 Å². The first kappa shape index (κ1) is 17.2. The van der Waals surface area contributed by atoms with Gasteiger partial charge in [0.15, 0.2) is 0 Å². The number of nitrogens with zero attached hydrogens (tertiary/aromatic N) is 1. The van der Waals surface area contributed by atoms with Crippen LogP contribution in [0.15, 0.2) is 72.1 Å². The molecule has 25 heavy (non-hydrogen) atoms. The van der Waals surface area contributed by atoms with Crippen LogP contribution < -0.4 is 0 Å². The summed E-state index contributed by atoms with van der Waals surface area (Å²) >= 11 is 0. The van der Waals surface area contributed by atoms with E-state index in [0.29, 0.717) is 6.42 Å². The molecule has 1 saturated heterocycles. The zero-order chi connectivity index (χ0) is 18.0. The molecule has 6 heteroatoms. The van der Waals surface area contributed by atoms with Gasteiger partial charge in [-0.2, -0.15) is 4.31 Å². The Morgan fingerprint density at radius 2 is 1.76 bits per heavy atom. The Labute approximate surface area is 147 Å². The topological polar surface area (TPSA) is 63.7 Å². The maximum atomic E-state index is 12.9. The Kier molecular flexibility index (Phi) is 4.63. The van der Waals surface area contributed by atoms with E-state index >= 15 is 0 Å². The molecule has 1 aliphatic rings. The van der Waals surface area contributed by atoms with E-state index in [9.17, 15) is 13.2 Å². The second-order valence-electron chi connectivity index (χ2n) is 5.95. The number of carbonyl (C=O) groups is 1. The summed E-state index contributed by atoms with van der Waals surface area (Å²) in [6, 6.07) is 15.1. The van der Waals surface area contributed by atoms with Gasteiger partial charge in [-0.1, -0.05) is 54.1 Å². The van der Waals surface area contributed by atoms with Crippen LogP contribution >= 0.6 is 0 Å². The van der Waals surface area contributed by atoms with E-state index in [2.05, 4.69) is 6.58 Å². The van der Waals surface area contributed by atoms with Gasteiger partial charge in [-0.3, -0.25) is 0 Å². The van der Waals surface area contributed by atoms with E-state index in [4.69, 9.17) is 4.74 Å². The smallest absolute Gasteiger partial charge is 0.424 e. The maximum absolute atomic E-state index is 12.9. The molecular formula is C19H19NO4S. The van der Waals surface area contributed by atoms with Gasteiger partial charge >= 0.3 is 6.09 Å². The second-order valence-corrected chi connectivity index (χ2v) is 7.77. The quantitative estimate of drug-likeness (QED) is 0.770. The predicted molar refractivity (Wildman–Crippen MR) is 94.6 cm³/mol. The van der Waals surface area contributed by atoms with E-state index in [1.54, 1.807) is 12.1 Å². The Hall–Kier alpha value is -2.60. The normalized spacial score (nSPS) is 20.4. The third kappa shape index (κ3) is 3.30. The zero-order valence-corrected chi connectivity index (χ0v) is 14.6. The molecule has 1 fully saturated rings. The number of carbonyl (C=O) groups excluding carboxylic acids is 1. The van der Waals surface area contributed by atoms with Crippen molar-refractivity contribution >= 4 is 16.1 Å². The monoisotopic (exact) mass is 357 g/mol. The summed E-state index contributed by atoms with van der Waals surface area (Å²) in [5, 5.41) is 0. The van der Waals surface area contributed by atoms with Gasteiger partial charge in [0, 0.05) is 6.42 Å². The van der Waals surface area contributed by atoms with Gasteiger partial charge < -0.3 is 4.74 Å². The van der Waals surface area contributed by atoms with Crippen molar-refractivity contribution in [2.75, 3.05) is 0 Å². The van der Waals surface area contributed by atoms with Gasteiger partial charge in [0.05, 0.1) is 4.90 Å². The van der Waals surface area contributed by atoms with Crippen LogP contribution in [-0.4, -0.2) is 31.0 Å². The second kappa shape index (κ2) is 6.72. The highest BCUT2D eigenvalue weighted by Crippen LogP contribution is 2.30. The molecule has 0 aromatic heterocycles. The number of benzene rings is 2. The molecule has 0 spiro atoms. The molecule has 1 aliphatic heterocycles. The molecule has 0 N–H and O–H groups in total. The third-order valence-electron chi connectivity index (χ3n) is 4.18. The van der Waals surface area contributed by atoms with Crippen LogP contribution in [0.4, 0.5) is 4.79 Å². The van der Waals surface area contributed by atoms with Crippen molar-refractivity contribution in [2.45, 2.75) is 30.4 Å². The highest BCUT2D eigenvalue weighted by molar-refractivity contribution is 7.89. The number of aryl methyl sites for hydroxylation is 1. The fourth-order valence-corrected chi connectivity index (χ4v) is 4.35. The summed E-state index contributed by atoms with van der Waals surface area (Å²) in [4.78, 5) is 12.4. The molecule has 0 aliphatic carbocycles. The van der Waals surface area contributed by atoms with E-state index < -0.39 is 28.3 Å². The summed E-state index contributed by atoms with van der Waals surface area (Å²) in [6.45, 7) is 5.57. The number of amides is 1. The van der Waals surface area contributed by atoms with Gasteiger partial charge in [0.2, 0.25) is 0 Å². The molecular weight excluding hydrogens is 338 g/mol. The minimum atomic E-state index is -4.00. The first-order chi connectivity index (χ1) is 11.9. The molecule has 3 rings (SSSR count). The molecule has 0 unspecified atom stereocenters. The summed E-state index contributed by atoms with van der Waals surface area (Å²) < 4.78 is 31.9. The molecule has 2 atom stereocenters. The molecule has 1 amide bonds. The lowest BCUT2D eigenvalue weighted by molar-refractivity contribution is 0.134. The summed E-state index contributed by atoms with van der Waals surface area (Å²) in [5.41, 5.74) is 1.90. The van der Waals surface area contributed by atoms with Crippen LogP contribution in [0.2, 0.25) is 0 Å². The lowest BCUT2D eigenvalue weighted by Gasteiger charge is -2.21. The SMILES string of the molecule is C=C[C@@H]1[C@@H](Cc2ccccc2)OC(=O)N1S(=O)(=O)c1ccc(C)cc1. The van der Waals surface area contributed by atoms with Crippen LogP contribution in [0.3, 0.4) is 0 Å². The largest absolute Gasteiger partial charge is 0.442 e. The van der Waals surface area contributed by atoms with E-state index in [1.807, 2.05) is 37.3 Å². The molecule has 0 bridgehead atoms. The number of rotatable bonds is 5. The lowest BCUT2D eigenvalue weighted by atomic mass is 10.0. The first-order valence-corrected chi connectivity index (χ1v) is 9.35. The first-order valence-electron chi connectivity index (χ1n) is 7.91. The van der Waals surface area contributed by atoms with Crippen molar-refractivity contribution in [3.05, 3.63) is 78.4 Å². The van der Waals surface area contributed by atoms with Gasteiger partial charge in [-0.15, -0.1) is 6.58 Å². The minimum absolute atomic E-state index is 0.0576. The van der Waals surface area contributed by atoms with Crippen molar-refractivity contribution < 1.29 is 17.9 Å². The van der Waals surface area contributed by atoms with Crippen LogP contribution in [-0.2, 0) is 21.2 Å². The number of hydrogen-bond donors (Lipinski definition) is 0. The average Bonchev–Trinajstić information content (AvgIpc) is 2.92. The molecule has 0 saturated carbocycles. The summed E-state index contributed by atoms with van der Waals surface area (Å²) in [5.74, 6) is 0. The number of ether oxygens (including phenoxy) is 1. The Bertz CT molecular complexity index is 875. The Balaban J connectivity index is 1.91. The summed E-state index contributed by atoms with van der Waals surface area (Å²) in [7, 11) is -4.00. The standard InChI is InChI=1S/C19H19NO4S/c1-3-17-18(13-15-7-5-4-6-8-15)24-19(21)20(17)25(22,23)16-11-9-14(2)10-12-16/h3-12,17-18H,1,13H2,2H3/t17-,18-/m1/s1. The third-order valence-corrected chi connectivity index (χ3v) is 5.96. The average molecular weight is 357 g/mol. The van der Waals surface area contributed by atoms with Crippen LogP contribution in [0.5, 0.6) is 0 Å². The fraction of sp³-hybridized carbons (Fsp3) is 0.211. The van der Waals surface area contributed by atoms with Crippen LogP contribution in [0.1, 0.15) is 11.1 Å². The molecule has 0 radical (unpaired) electrons. The molecule has 2 aromatic carbocycles. The van der Waals surface area contributed by atoms with E-state index in [1.165, 1.54) is 18.2 Å². The minimum Gasteiger partial charge on any atom is -0.442 e. The maximum Gasteiger partial charge on any atom is 0.424 e. The molecule has 5 nitrogen and oxygen atoms in total. The van der Waals surface area contributed by atoms with Gasteiger partial charge in [0.1, 0.15) is 12.1 Å². The number of cyclic esters (lactones) is 1. The zero-order valence-electron chi connectivity index (χ0n) is 13.8. The van der Waals surface area contributed by atoms with Crippen molar-refractivity contribution in [3.63, 3.8) is 0 Å². The predicted octanol–water partition coefficient (Wildman–Crippen LogP) is 3.30. The van der Waals surface area contributed by atoms with Gasteiger partial charge in [0.25, 0.3) is 10.0 Å². The fourth-order valence-electron chi connectivity index (χ4n) is 2.86. The number of hydrogen-bond acceptors (Lipinski definition) is 4. The van der Waals surface area contributed by atoms with E-state index in [-0.39, 0.29) is 4.90 Å². The van der Waals surface area contributed by atoms with Crippen molar-refractivity contribution in [1.29, 1.82) is 0 Å². The van der Waals surface area contributed by atoms with Crippen molar-refractivity contribution in [1.82, 2.24) is 4.31 Å². The van der Waals surface area contributed by atoms with Crippen LogP contribution in [0.25, 0.3) is 0 Å². The summed E-state index contributed by atoms with van der Waals surface area (Å²) in [6.07, 6.45) is 0.395. The number of sulfonamides is 1. The Morgan fingerprint density at radius 1 is 1.12 bits per heavy atom. The highest BCUT2D eigenvalue weighted by atomic mass is 32.2.